The molecule has 5 heteroatoms. The fraction of sp³-hybridized carbons (Fsp3) is 0.826. The Hall–Kier alpha value is -1.20. The Morgan fingerprint density at radius 2 is 1.86 bits per heavy atom. The van der Waals surface area contributed by atoms with Crippen molar-refractivity contribution in [1.82, 2.24) is 0 Å². The van der Waals surface area contributed by atoms with E-state index >= 15 is 0 Å². The molecule has 7 atom stereocenters. The molecule has 0 heterocycles. The van der Waals surface area contributed by atoms with Crippen molar-refractivity contribution >= 4 is 11.8 Å². The van der Waals surface area contributed by atoms with Gasteiger partial charge >= 0.3 is 5.97 Å². The maximum absolute atomic E-state index is 12.9. The number of carbonyl (C=O) groups excluding carboxylic acids is 2. The Balaban J connectivity index is 1.60. The normalized spacial score (nSPS) is 47.4. The van der Waals surface area contributed by atoms with Crippen LogP contribution < -0.4 is 0 Å². The van der Waals surface area contributed by atoms with Gasteiger partial charge in [-0.2, -0.15) is 0 Å². The molecule has 0 amide bonds. The van der Waals surface area contributed by atoms with E-state index in [4.69, 9.17) is 4.74 Å². The third-order valence-corrected chi connectivity index (χ3v) is 9.10. The number of aliphatic hydroxyl groups excluding tert-OH is 1. The largest absolute Gasteiger partial charge is 0.458 e. The lowest BCUT2D eigenvalue weighted by Gasteiger charge is -2.58. The summed E-state index contributed by atoms with van der Waals surface area (Å²) in [5.74, 6) is 0.504. The highest BCUT2D eigenvalue weighted by Gasteiger charge is 2.66. The summed E-state index contributed by atoms with van der Waals surface area (Å²) in [4.78, 5) is 24.0. The van der Waals surface area contributed by atoms with Gasteiger partial charge in [0.05, 0.1) is 6.10 Å². The van der Waals surface area contributed by atoms with Crippen LogP contribution in [0.4, 0.5) is 0 Å². The summed E-state index contributed by atoms with van der Waals surface area (Å²) in [7, 11) is 0. The molecule has 3 fully saturated rings. The van der Waals surface area contributed by atoms with Gasteiger partial charge in [0.2, 0.25) is 5.78 Å². The molecule has 0 unspecified atom stereocenters. The van der Waals surface area contributed by atoms with E-state index in [1.165, 1.54) is 12.5 Å². The second-order valence-electron chi connectivity index (χ2n) is 10.2. The molecule has 28 heavy (non-hydrogen) atoms. The van der Waals surface area contributed by atoms with E-state index in [1.54, 1.807) is 0 Å². The molecule has 4 aliphatic rings. The number of ketones is 1. The van der Waals surface area contributed by atoms with Gasteiger partial charge in [0, 0.05) is 12.3 Å². The average Bonchev–Trinajstić information content (AvgIpc) is 2.92. The second kappa shape index (κ2) is 6.66. The molecular weight excluding hydrogens is 356 g/mol. The van der Waals surface area contributed by atoms with Gasteiger partial charge in [0.1, 0.15) is 5.60 Å². The van der Waals surface area contributed by atoms with Crippen molar-refractivity contribution in [1.29, 1.82) is 0 Å². The maximum atomic E-state index is 12.9. The van der Waals surface area contributed by atoms with Crippen molar-refractivity contribution in [2.24, 2.45) is 28.6 Å². The second-order valence-corrected chi connectivity index (χ2v) is 10.2. The number of allylic oxidation sites excluding steroid dienone is 1. The van der Waals surface area contributed by atoms with Crippen LogP contribution in [0.15, 0.2) is 11.6 Å². The van der Waals surface area contributed by atoms with Gasteiger partial charge in [-0.15, -0.1) is 0 Å². The summed E-state index contributed by atoms with van der Waals surface area (Å²) in [6.07, 6.45) is 8.96. The highest BCUT2D eigenvalue weighted by atomic mass is 16.5. The zero-order valence-electron chi connectivity index (χ0n) is 17.4. The van der Waals surface area contributed by atoms with Crippen molar-refractivity contribution in [3.05, 3.63) is 11.6 Å². The number of esters is 1. The van der Waals surface area contributed by atoms with Gasteiger partial charge in [-0.05, 0) is 74.5 Å². The summed E-state index contributed by atoms with van der Waals surface area (Å²) in [5, 5.41) is 21.6. The monoisotopic (exact) mass is 390 g/mol. The van der Waals surface area contributed by atoms with Crippen molar-refractivity contribution < 1.29 is 24.5 Å². The van der Waals surface area contributed by atoms with Crippen LogP contribution in [0.3, 0.4) is 0 Å². The van der Waals surface area contributed by atoms with Crippen LogP contribution in [0.5, 0.6) is 0 Å². The number of ether oxygens (including phenoxy) is 1. The SMILES string of the molecule is CC(=O)OCC(=O)[C@@]1(O)CC[C@H]2[C@@H]3CC=C4C[C@@H](O)CC[C@]4(C)[C@@H]3CC[C@@]21C. The van der Waals surface area contributed by atoms with Crippen molar-refractivity contribution in [3.8, 4) is 0 Å². The van der Waals surface area contributed by atoms with Crippen molar-refractivity contribution in [2.75, 3.05) is 6.61 Å². The van der Waals surface area contributed by atoms with Gasteiger partial charge in [-0.1, -0.05) is 25.5 Å². The topological polar surface area (TPSA) is 83.8 Å². The van der Waals surface area contributed by atoms with Crippen LogP contribution in [0.25, 0.3) is 0 Å². The molecule has 0 saturated heterocycles. The summed E-state index contributed by atoms with van der Waals surface area (Å²) in [6, 6.07) is 0. The molecule has 0 radical (unpaired) electrons. The lowest BCUT2D eigenvalue weighted by molar-refractivity contribution is -0.168. The zero-order valence-corrected chi connectivity index (χ0v) is 17.4. The molecular formula is C23H34O5. The Bertz CT molecular complexity index is 714. The van der Waals surface area contributed by atoms with Gasteiger partial charge in [-0.3, -0.25) is 9.59 Å². The molecule has 0 spiro atoms. The van der Waals surface area contributed by atoms with E-state index in [9.17, 15) is 19.8 Å². The minimum atomic E-state index is -1.40. The Morgan fingerprint density at radius 3 is 2.57 bits per heavy atom. The van der Waals surface area contributed by atoms with Crippen LogP contribution in [0.2, 0.25) is 0 Å². The first-order chi connectivity index (χ1) is 13.1. The fourth-order valence-electron chi connectivity index (χ4n) is 7.40. The summed E-state index contributed by atoms with van der Waals surface area (Å²) >= 11 is 0. The first-order valence-electron chi connectivity index (χ1n) is 10.9. The molecule has 0 aromatic heterocycles. The molecule has 0 aromatic carbocycles. The van der Waals surface area contributed by atoms with Crippen molar-refractivity contribution in [3.63, 3.8) is 0 Å². The molecule has 0 bridgehead atoms. The van der Waals surface area contributed by atoms with E-state index in [2.05, 4.69) is 19.9 Å². The Morgan fingerprint density at radius 1 is 1.14 bits per heavy atom. The summed E-state index contributed by atoms with van der Waals surface area (Å²) in [6.45, 7) is 5.41. The molecule has 3 saturated carbocycles. The maximum Gasteiger partial charge on any atom is 0.303 e. The van der Waals surface area contributed by atoms with Crippen molar-refractivity contribution in [2.45, 2.75) is 83.8 Å². The Labute approximate surface area is 167 Å². The highest BCUT2D eigenvalue weighted by Crippen LogP contribution is 2.67. The number of Topliss-reactive ketones (excluding diaryl/α,β-unsaturated/α-hetero) is 1. The van der Waals surface area contributed by atoms with E-state index in [-0.39, 0.29) is 23.9 Å². The summed E-state index contributed by atoms with van der Waals surface area (Å²) in [5.41, 5.74) is -0.283. The van der Waals surface area contributed by atoms with Crippen LogP contribution in [-0.2, 0) is 14.3 Å². The number of hydrogen-bond donors (Lipinski definition) is 2. The van der Waals surface area contributed by atoms with Crippen LogP contribution in [0, 0.1) is 28.6 Å². The van der Waals surface area contributed by atoms with Gasteiger partial charge in [0.15, 0.2) is 6.61 Å². The van der Waals surface area contributed by atoms with Gasteiger partial charge in [0.25, 0.3) is 0 Å². The molecule has 2 N–H and O–H groups in total. The molecule has 156 valence electrons. The molecule has 4 aliphatic carbocycles. The van der Waals surface area contributed by atoms with E-state index in [0.29, 0.717) is 24.2 Å². The minimum Gasteiger partial charge on any atom is -0.458 e. The third-order valence-electron chi connectivity index (χ3n) is 9.10. The van der Waals surface area contributed by atoms with Crippen LogP contribution >= 0.6 is 0 Å². The minimum absolute atomic E-state index is 0.145. The quantitative estimate of drug-likeness (QED) is 0.571. The lowest BCUT2D eigenvalue weighted by atomic mass is 9.46. The average molecular weight is 391 g/mol. The first kappa shape index (κ1) is 20.1. The first-order valence-corrected chi connectivity index (χ1v) is 10.9. The van der Waals surface area contributed by atoms with Crippen LogP contribution in [0.1, 0.15) is 72.1 Å². The standard InChI is InChI=1S/C23H34O5/c1-14(24)28-13-20(26)23(27)11-8-19-17-5-4-15-12-16(25)6-9-21(15,2)18(17)7-10-22(19,23)3/h4,16-19,25,27H,5-13H2,1-3H3/t16-,17+,18+,19-,21-,22-,23-/m0/s1. The summed E-state index contributed by atoms with van der Waals surface area (Å²) < 4.78 is 4.93. The number of hydrogen-bond acceptors (Lipinski definition) is 5. The van der Waals surface area contributed by atoms with E-state index in [1.807, 2.05) is 0 Å². The molecule has 0 aromatic rings. The number of aliphatic hydroxyl groups is 2. The lowest BCUT2D eigenvalue weighted by Crippen LogP contribution is -2.58. The Kier molecular flexibility index (Phi) is 4.78. The predicted molar refractivity (Wildman–Crippen MR) is 104 cm³/mol. The highest BCUT2D eigenvalue weighted by molar-refractivity contribution is 5.90. The van der Waals surface area contributed by atoms with Gasteiger partial charge < -0.3 is 14.9 Å². The smallest absolute Gasteiger partial charge is 0.303 e. The van der Waals surface area contributed by atoms with E-state index in [0.717, 1.165) is 44.9 Å². The predicted octanol–water partition coefficient (Wildman–Crippen LogP) is 3.17. The fourth-order valence-corrected chi connectivity index (χ4v) is 7.40. The number of fused-ring (bicyclic) bond motifs is 5. The van der Waals surface area contributed by atoms with Crippen LogP contribution in [-0.4, -0.2) is 40.3 Å². The molecule has 5 nitrogen and oxygen atoms in total. The zero-order chi connectivity index (χ0) is 20.3. The number of carbonyl (C=O) groups is 2. The molecule has 0 aliphatic heterocycles. The van der Waals surface area contributed by atoms with Gasteiger partial charge in [-0.25, -0.2) is 0 Å². The third kappa shape index (κ3) is 2.72. The van der Waals surface area contributed by atoms with E-state index < -0.39 is 17.0 Å². The number of rotatable bonds is 3. The molecule has 4 rings (SSSR count).